The Labute approximate surface area is 158 Å². The van der Waals surface area contributed by atoms with Crippen molar-refractivity contribution in [3.8, 4) is 5.75 Å². The first kappa shape index (κ1) is 17.2. The van der Waals surface area contributed by atoms with Gasteiger partial charge in [-0.3, -0.25) is 0 Å². The zero-order valence-electron chi connectivity index (χ0n) is 14.4. The molecule has 0 aromatic heterocycles. The SMILES string of the molecule is COc1ccccc1N1CCN(C2=C(Cl)S(=O)(=O)c3ccccc32)CC1. The summed E-state index contributed by atoms with van der Waals surface area (Å²) in [6.07, 6.45) is 0. The van der Waals surface area contributed by atoms with E-state index in [0.717, 1.165) is 24.5 Å². The second kappa shape index (κ2) is 6.52. The fourth-order valence-electron chi connectivity index (χ4n) is 3.58. The lowest BCUT2D eigenvalue weighted by atomic mass is 10.1. The molecule has 2 aromatic carbocycles. The van der Waals surface area contributed by atoms with E-state index in [-0.39, 0.29) is 4.36 Å². The summed E-state index contributed by atoms with van der Waals surface area (Å²) in [6.45, 7) is 2.90. The van der Waals surface area contributed by atoms with Gasteiger partial charge in [-0.25, -0.2) is 8.42 Å². The molecule has 5 nitrogen and oxygen atoms in total. The summed E-state index contributed by atoms with van der Waals surface area (Å²) in [5.41, 5.74) is 2.37. The molecule has 0 atom stereocenters. The molecule has 0 N–H and O–H groups in total. The van der Waals surface area contributed by atoms with Crippen LogP contribution < -0.4 is 9.64 Å². The van der Waals surface area contributed by atoms with Gasteiger partial charge in [0.05, 0.1) is 23.4 Å². The van der Waals surface area contributed by atoms with E-state index < -0.39 is 9.84 Å². The molecular weight excluding hydrogens is 372 g/mol. The van der Waals surface area contributed by atoms with Crippen LogP contribution in [-0.4, -0.2) is 46.6 Å². The molecule has 2 aliphatic rings. The Hall–Kier alpha value is -2.18. The van der Waals surface area contributed by atoms with Gasteiger partial charge in [0.2, 0.25) is 9.84 Å². The summed E-state index contributed by atoms with van der Waals surface area (Å²) >= 11 is 6.29. The third-order valence-electron chi connectivity index (χ3n) is 4.88. The summed E-state index contributed by atoms with van der Waals surface area (Å²) in [5, 5.41) is 0. The van der Waals surface area contributed by atoms with Gasteiger partial charge in [-0.1, -0.05) is 41.9 Å². The van der Waals surface area contributed by atoms with Crippen LogP contribution in [0.5, 0.6) is 5.75 Å². The highest BCUT2D eigenvalue weighted by Crippen LogP contribution is 2.43. The average Bonchev–Trinajstić information content (AvgIpc) is 2.88. The van der Waals surface area contributed by atoms with Crippen LogP contribution in [0.1, 0.15) is 5.56 Å². The third kappa shape index (κ3) is 2.64. The number of rotatable bonds is 3. The van der Waals surface area contributed by atoms with Crippen molar-refractivity contribution in [2.75, 3.05) is 38.2 Å². The fourth-order valence-corrected chi connectivity index (χ4v) is 5.45. The summed E-state index contributed by atoms with van der Waals surface area (Å²) in [4.78, 5) is 4.61. The highest BCUT2D eigenvalue weighted by molar-refractivity contribution is 7.97. The van der Waals surface area contributed by atoms with E-state index in [2.05, 4.69) is 9.80 Å². The normalized spacial score (nSPS) is 18.8. The lowest BCUT2D eigenvalue weighted by molar-refractivity contribution is 0.362. The standard InChI is InChI=1S/C19H19ClN2O3S/c1-25-16-8-4-3-7-15(16)21-10-12-22(13-11-21)18-14-6-2-5-9-17(14)26(23,24)19(18)20/h2-9H,10-13H2,1H3. The maximum absolute atomic E-state index is 12.6. The first-order valence-corrected chi connectivity index (χ1v) is 10.3. The number of methoxy groups -OCH3 is 1. The molecule has 1 saturated heterocycles. The quantitative estimate of drug-likeness (QED) is 0.805. The van der Waals surface area contributed by atoms with E-state index >= 15 is 0 Å². The van der Waals surface area contributed by atoms with E-state index in [9.17, 15) is 8.42 Å². The first-order valence-electron chi connectivity index (χ1n) is 8.41. The van der Waals surface area contributed by atoms with Gasteiger partial charge in [0.1, 0.15) is 5.75 Å². The van der Waals surface area contributed by atoms with Crippen molar-refractivity contribution in [1.82, 2.24) is 4.90 Å². The van der Waals surface area contributed by atoms with Gasteiger partial charge in [-0.2, -0.15) is 0 Å². The van der Waals surface area contributed by atoms with Gasteiger partial charge in [-0.05, 0) is 18.2 Å². The van der Waals surface area contributed by atoms with Gasteiger partial charge in [0, 0.05) is 31.7 Å². The second-order valence-corrected chi connectivity index (χ2v) is 8.72. The molecule has 1 fully saturated rings. The Morgan fingerprint density at radius 1 is 0.923 bits per heavy atom. The number of halogens is 1. The maximum Gasteiger partial charge on any atom is 0.220 e. The van der Waals surface area contributed by atoms with Crippen LogP contribution in [0, 0.1) is 0 Å². The van der Waals surface area contributed by atoms with Gasteiger partial charge in [0.15, 0.2) is 4.36 Å². The lowest BCUT2D eigenvalue weighted by Gasteiger charge is -2.38. The van der Waals surface area contributed by atoms with Gasteiger partial charge >= 0.3 is 0 Å². The molecule has 0 bridgehead atoms. The predicted molar refractivity (Wildman–Crippen MR) is 103 cm³/mol. The van der Waals surface area contributed by atoms with Crippen molar-refractivity contribution in [3.63, 3.8) is 0 Å². The predicted octanol–water partition coefficient (Wildman–Crippen LogP) is 3.17. The fraction of sp³-hybridized carbons (Fsp3) is 0.263. The molecule has 0 aliphatic carbocycles. The monoisotopic (exact) mass is 390 g/mol. The van der Waals surface area contributed by atoms with E-state index in [1.165, 1.54) is 0 Å². The average molecular weight is 391 g/mol. The van der Waals surface area contributed by atoms with E-state index in [1.807, 2.05) is 36.4 Å². The number of sulfone groups is 1. The first-order chi connectivity index (χ1) is 12.5. The number of benzene rings is 2. The molecule has 0 amide bonds. The van der Waals surface area contributed by atoms with Crippen molar-refractivity contribution in [1.29, 1.82) is 0 Å². The van der Waals surface area contributed by atoms with Crippen LogP contribution in [0.4, 0.5) is 5.69 Å². The summed E-state index contributed by atoms with van der Waals surface area (Å²) < 4.78 is 30.5. The summed E-state index contributed by atoms with van der Waals surface area (Å²) in [6, 6.07) is 14.9. The zero-order valence-corrected chi connectivity index (χ0v) is 15.9. The van der Waals surface area contributed by atoms with Crippen LogP contribution >= 0.6 is 11.6 Å². The third-order valence-corrected chi connectivity index (χ3v) is 7.26. The minimum absolute atomic E-state index is 0.0653. The van der Waals surface area contributed by atoms with E-state index in [1.54, 1.807) is 19.2 Å². The number of para-hydroxylation sites is 2. The van der Waals surface area contributed by atoms with Crippen LogP contribution in [0.3, 0.4) is 0 Å². The maximum atomic E-state index is 12.6. The van der Waals surface area contributed by atoms with Gasteiger partial charge in [0.25, 0.3) is 0 Å². The minimum atomic E-state index is -3.59. The second-order valence-electron chi connectivity index (χ2n) is 6.27. The molecule has 2 heterocycles. The topological polar surface area (TPSA) is 49.9 Å². The molecule has 0 unspecified atom stereocenters. The Bertz CT molecular complexity index is 980. The van der Waals surface area contributed by atoms with Crippen molar-refractivity contribution in [2.24, 2.45) is 0 Å². The van der Waals surface area contributed by atoms with E-state index in [0.29, 0.717) is 29.2 Å². The molecule has 26 heavy (non-hydrogen) atoms. The van der Waals surface area contributed by atoms with Crippen molar-refractivity contribution < 1.29 is 13.2 Å². The highest BCUT2D eigenvalue weighted by Gasteiger charge is 2.37. The Balaban J connectivity index is 1.60. The Morgan fingerprint density at radius 2 is 1.54 bits per heavy atom. The molecule has 0 spiro atoms. The largest absolute Gasteiger partial charge is 0.495 e. The lowest BCUT2D eigenvalue weighted by Crippen LogP contribution is -2.45. The van der Waals surface area contributed by atoms with Crippen LogP contribution in [-0.2, 0) is 9.84 Å². The molecule has 2 aliphatic heterocycles. The van der Waals surface area contributed by atoms with Gasteiger partial charge < -0.3 is 14.5 Å². The number of fused-ring (bicyclic) bond motifs is 1. The number of anilines is 1. The molecule has 0 radical (unpaired) electrons. The van der Waals surface area contributed by atoms with Crippen molar-refractivity contribution >= 4 is 32.8 Å². The minimum Gasteiger partial charge on any atom is -0.495 e. The van der Waals surface area contributed by atoms with Crippen LogP contribution in [0.2, 0.25) is 0 Å². The number of hydrogen-bond donors (Lipinski definition) is 0. The molecule has 2 aromatic rings. The van der Waals surface area contributed by atoms with E-state index in [4.69, 9.17) is 16.3 Å². The molecule has 0 saturated carbocycles. The van der Waals surface area contributed by atoms with Crippen LogP contribution in [0.25, 0.3) is 5.70 Å². The number of piperazine rings is 1. The summed E-state index contributed by atoms with van der Waals surface area (Å²) in [5.74, 6) is 0.840. The molecule has 136 valence electrons. The highest BCUT2D eigenvalue weighted by atomic mass is 35.5. The van der Waals surface area contributed by atoms with Crippen molar-refractivity contribution in [2.45, 2.75) is 4.90 Å². The molecular formula is C19H19ClN2O3S. The number of ether oxygens (including phenoxy) is 1. The smallest absolute Gasteiger partial charge is 0.220 e. The summed E-state index contributed by atoms with van der Waals surface area (Å²) in [7, 11) is -1.92. The zero-order chi connectivity index (χ0) is 18.3. The Kier molecular flexibility index (Phi) is 4.32. The Morgan fingerprint density at radius 3 is 2.27 bits per heavy atom. The molecule has 4 rings (SSSR count). The molecule has 7 heteroatoms. The van der Waals surface area contributed by atoms with Crippen LogP contribution in [0.15, 0.2) is 57.8 Å². The van der Waals surface area contributed by atoms with Gasteiger partial charge in [-0.15, -0.1) is 0 Å². The van der Waals surface area contributed by atoms with Crippen molar-refractivity contribution in [3.05, 3.63) is 58.5 Å². The number of hydrogen-bond acceptors (Lipinski definition) is 5. The number of nitrogens with zero attached hydrogens (tertiary/aromatic N) is 2.